The van der Waals surface area contributed by atoms with Crippen molar-refractivity contribution in [3.63, 3.8) is 0 Å². The smallest absolute Gasteiger partial charge is 0.264 e. The Bertz CT molecular complexity index is 1100. The van der Waals surface area contributed by atoms with Crippen LogP contribution in [-0.2, 0) is 34.0 Å². The fourth-order valence-electron chi connectivity index (χ4n) is 3.96. The molecule has 0 fully saturated rings. The van der Waals surface area contributed by atoms with Gasteiger partial charge in [-0.2, -0.15) is 16.8 Å². The topological polar surface area (TPSA) is 105 Å². The molecule has 1 aliphatic rings. The van der Waals surface area contributed by atoms with Crippen LogP contribution in [0.2, 0.25) is 0 Å². The predicted molar refractivity (Wildman–Crippen MR) is 122 cm³/mol. The maximum Gasteiger partial charge on any atom is 0.264 e. The molecule has 2 aromatic carbocycles. The van der Waals surface area contributed by atoms with E-state index in [-0.39, 0.29) is 26.1 Å². The zero-order chi connectivity index (χ0) is 23.6. The molecule has 0 N–H and O–H groups in total. The fraction of sp³-hybridized carbons (Fsp3) is 0.429. The first-order valence-electron chi connectivity index (χ1n) is 9.72. The first-order chi connectivity index (χ1) is 15.0. The molecule has 1 heterocycles. The average Bonchev–Trinajstić information content (AvgIpc) is 2.71. The lowest BCUT2D eigenvalue weighted by Crippen LogP contribution is -2.35. The number of hydrogen-bond donors (Lipinski definition) is 0. The Hall–Kier alpha value is -1.79. The molecule has 0 amide bonds. The van der Waals surface area contributed by atoms with Crippen molar-refractivity contribution < 1.29 is 34.7 Å². The van der Waals surface area contributed by atoms with Gasteiger partial charge in [0.1, 0.15) is 11.5 Å². The van der Waals surface area contributed by atoms with Crippen LogP contribution >= 0.6 is 11.8 Å². The molecule has 176 valence electrons. The van der Waals surface area contributed by atoms with Crippen molar-refractivity contribution in [3.8, 4) is 11.5 Å². The summed E-state index contributed by atoms with van der Waals surface area (Å²) in [6.07, 6.45) is 2.54. The molecule has 0 saturated heterocycles. The van der Waals surface area contributed by atoms with Crippen molar-refractivity contribution >= 4 is 32.0 Å². The van der Waals surface area contributed by atoms with E-state index in [9.17, 15) is 16.8 Å². The monoisotopic (exact) mass is 502 g/mol. The molecule has 32 heavy (non-hydrogen) atoms. The fourth-order valence-corrected chi connectivity index (χ4v) is 6.19. The van der Waals surface area contributed by atoms with Gasteiger partial charge in [-0.25, -0.2) is 0 Å². The Labute approximate surface area is 193 Å². The van der Waals surface area contributed by atoms with Crippen molar-refractivity contribution in [2.45, 2.75) is 28.0 Å². The largest absolute Gasteiger partial charge is 0.496 e. The Morgan fingerprint density at radius 2 is 1.16 bits per heavy atom. The number of benzene rings is 2. The van der Waals surface area contributed by atoms with Crippen molar-refractivity contribution in [2.24, 2.45) is 0 Å². The van der Waals surface area contributed by atoms with Crippen LogP contribution in [0.1, 0.15) is 24.0 Å². The second kappa shape index (κ2) is 9.60. The van der Waals surface area contributed by atoms with E-state index in [4.69, 9.17) is 17.8 Å². The molecule has 11 heteroatoms. The zero-order valence-electron chi connectivity index (χ0n) is 18.3. The summed E-state index contributed by atoms with van der Waals surface area (Å²) in [5.74, 6) is 1.31. The third-order valence-corrected chi connectivity index (χ3v) is 7.73. The highest BCUT2D eigenvalue weighted by Crippen LogP contribution is 2.57. The lowest BCUT2D eigenvalue weighted by Gasteiger charge is -2.41. The van der Waals surface area contributed by atoms with Crippen LogP contribution in [0, 0.1) is 0 Å². The second-order valence-electron chi connectivity index (χ2n) is 7.41. The Balaban J connectivity index is 2.20. The molecule has 0 atom stereocenters. The first-order valence-corrected chi connectivity index (χ1v) is 14.2. The van der Waals surface area contributed by atoms with E-state index in [1.165, 1.54) is 11.8 Å². The average molecular weight is 503 g/mol. The maximum absolute atomic E-state index is 11.6. The van der Waals surface area contributed by atoms with Gasteiger partial charge in [-0.15, -0.1) is 0 Å². The molecule has 0 bridgehead atoms. The van der Waals surface area contributed by atoms with Crippen molar-refractivity contribution in [1.29, 1.82) is 0 Å². The van der Waals surface area contributed by atoms with E-state index in [0.29, 0.717) is 11.5 Å². The Morgan fingerprint density at radius 1 is 0.750 bits per heavy atom. The molecule has 0 saturated carbocycles. The van der Waals surface area contributed by atoms with Crippen LogP contribution in [-0.4, -0.2) is 56.8 Å². The van der Waals surface area contributed by atoms with Crippen molar-refractivity contribution in [1.82, 2.24) is 0 Å². The highest BCUT2D eigenvalue weighted by atomic mass is 32.2. The summed E-state index contributed by atoms with van der Waals surface area (Å²) in [5.41, 5.74) is 0.975. The lowest BCUT2D eigenvalue weighted by molar-refractivity contribution is 0.233. The number of methoxy groups -OCH3 is 2. The zero-order valence-corrected chi connectivity index (χ0v) is 20.7. The number of ether oxygens (including phenoxy) is 2. The van der Waals surface area contributed by atoms with Crippen LogP contribution in [0.25, 0.3) is 0 Å². The van der Waals surface area contributed by atoms with Gasteiger partial charge >= 0.3 is 0 Å². The normalized spacial score (nSPS) is 15.0. The van der Waals surface area contributed by atoms with E-state index in [1.807, 2.05) is 36.4 Å². The third kappa shape index (κ3) is 5.40. The van der Waals surface area contributed by atoms with Crippen LogP contribution in [0.3, 0.4) is 0 Å². The van der Waals surface area contributed by atoms with E-state index in [1.54, 1.807) is 14.2 Å². The van der Waals surface area contributed by atoms with E-state index in [2.05, 4.69) is 0 Å². The molecule has 0 aliphatic carbocycles. The summed E-state index contributed by atoms with van der Waals surface area (Å²) < 4.78 is 68.0. The number of fused-ring (bicyclic) bond motifs is 2. The molecule has 1 aliphatic heterocycles. The Morgan fingerprint density at radius 3 is 1.50 bits per heavy atom. The summed E-state index contributed by atoms with van der Waals surface area (Å²) in [6, 6.07) is 11.3. The highest BCUT2D eigenvalue weighted by Gasteiger charge is 2.43. The second-order valence-corrected chi connectivity index (χ2v) is 11.7. The summed E-state index contributed by atoms with van der Waals surface area (Å²) in [7, 11) is -4.16. The predicted octanol–water partition coefficient (Wildman–Crippen LogP) is 3.19. The molecule has 0 aromatic heterocycles. The van der Waals surface area contributed by atoms with Gasteiger partial charge in [0.2, 0.25) is 0 Å². The summed E-state index contributed by atoms with van der Waals surface area (Å²) >= 11 is 1.50. The van der Waals surface area contributed by atoms with Gasteiger partial charge in [0.15, 0.2) is 0 Å². The van der Waals surface area contributed by atoms with E-state index < -0.39 is 25.7 Å². The van der Waals surface area contributed by atoms with Crippen LogP contribution in [0.5, 0.6) is 11.5 Å². The van der Waals surface area contributed by atoms with Crippen LogP contribution < -0.4 is 9.47 Å². The molecular formula is C21H26O8S3. The van der Waals surface area contributed by atoms with Crippen molar-refractivity contribution in [2.75, 3.05) is 39.9 Å². The van der Waals surface area contributed by atoms with E-state index >= 15 is 0 Å². The molecule has 2 aromatic rings. The van der Waals surface area contributed by atoms with Gasteiger partial charge in [0.25, 0.3) is 20.2 Å². The lowest BCUT2D eigenvalue weighted by atomic mass is 9.69. The van der Waals surface area contributed by atoms with Crippen molar-refractivity contribution in [3.05, 3.63) is 47.5 Å². The van der Waals surface area contributed by atoms with Gasteiger partial charge in [0.05, 0.1) is 49.7 Å². The summed E-state index contributed by atoms with van der Waals surface area (Å²) in [4.78, 5) is 1.71. The quantitative estimate of drug-likeness (QED) is 0.453. The number of hydrogen-bond acceptors (Lipinski definition) is 9. The minimum Gasteiger partial charge on any atom is -0.496 e. The maximum atomic E-state index is 11.6. The first kappa shape index (κ1) is 24.8. The molecule has 3 rings (SSSR count). The standard InChI is InChI=1S/C21H26O8S3/c1-26-17-9-5-7-15-19(17)30-20-16(8-6-10-18(20)27-2)21(15,11-13-28-31(3,22)23)12-14-29-32(4,24)25/h5-10H,11-14H2,1-4H3. The van der Waals surface area contributed by atoms with Gasteiger partial charge in [-0.1, -0.05) is 36.0 Å². The van der Waals surface area contributed by atoms with Crippen LogP contribution in [0.15, 0.2) is 46.2 Å². The molecule has 0 spiro atoms. The van der Waals surface area contributed by atoms with Gasteiger partial charge < -0.3 is 9.47 Å². The molecule has 8 nitrogen and oxygen atoms in total. The summed E-state index contributed by atoms with van der Waals surface area (Å²) in [6.45, 7) is -0.175. The van der Waals surface area contributed by atoms with Crippen LogP contribution in [0.4, 0.5) is 0 Å². The Kier molecular flexibility index (Phi) is 7.45. The molecule has 0 unspecified atom stereocenters. The molecule has 0 radical (unpaired) electrons. The minimum atomic E-state index is -3.66. The van der Waals surface area contributed by atoms with Gasteiger partial charge in [-0.3, -0.25) is 8.37 Å². The SMILES string of the molecule is COc1cccc2c1Sc1c(OC)cccc1C2(CCOS(C)(=O)=O)CCOS(C)(=O)=O. The van der Waals surface area contributed by atoms with Gasteiger partial charge in [0, 0.05) is 5.41 Å². The summed E-state index contributed by atoms with van der Waals surface area (Å²) in [5, 5.41) is 0. The highest BCUT2D eigenvalue weighted by molar-refractivity contribution is 7.99. The van der Waals surface area contributed by atoms with E-state index in [0.717, 1.165) is 33.4 Å². The molecular weight excluding hydrogens is 476 g/mol. The minimum absolute atomic E-state index is 0.0876. The number of rotatable bonds is 10. The van der Waals surface area contributed by atoms with Gasteiger partial charge in [-0.05, 0) is 36.1 Å². The third-order valence-electron chi connectivity index (χ3n) is 5.29.